The van der Waals surface area contributed by atoms with E-state index in [0.717, 1.165) is 16.6 Å². The van der Waals surface area contributed by atoms with Gasteiger partial charge in [-0.25, -0.2) is 14.5 Å². The van der Waals surface area contributed by atoms with Crippen molar-refractivity contribution in [2.45, 2.75) is 32.1 Å². The van der Waals surface area contributed by atoms with Crippen LogP contribution in [0.2, 0.25) is 0 Å². The number of carbonyl (C=O) groups excluding carboxylic acids is 2. The molecule has 2 heterocycles. The Hall–Kier alpha value is -5.78. The first-order valence-electron chi connectivity index (χ1n) is 14.1. The third-order valence-corrected chi connectivity index (χ3v) is 6.68. The van der Waals surface area contributed by atoms with Crippen molar-refractivity contribution >= 4 is 28.8 Å². The van der Waals surface area contributed by atoms with Crippen molar-refractivity contribution in [3.05, 3.63) is 107 Å². The second-order valence-corrected chi connectivity index (χ2v) is 10.2. The molecule has 2 amide bonds. The average Bonchev–Trinajstić information content (AvgIpc) is 3.63. The topological polar surface area (TPSA) is 153 Å². The van der Waals surface area contributed by atoms with E-state index in [1.54, 1.807) is 0 Å². The molecule has 49 heavy (non-hydrogen) atoms. The van der Waals surface area contributed by atoms with Crippen molar-refractivity contribution in [3.8, 4) is 5.69 Å². The zero-order chi connectivity index (χ0) is 35.8. The lowest BCUT2D eigenvalue weighted by molar-refractivity contribution is -0.192. The predicted molar refractivity (Wildman–Crippen MR) is 160 cm³/mol. The number of carboxylic acids is 1. The number of para-hydroxylation sites is 2. The molecule has 0 atom stereocenters. The van der Waals surface area contributed by atoms with Crippen molar-refractivity contribution in [1.82, 2.24) is 35.2 Å². The number of imidazole rings is 1. The lowest BCUT2D eigenvalue weighted by Crippen LogP contribution is -2.33. The number of aryl methyl sites for hydroxylation is 1. The second kappa shape index (κ2) is 15.4. The van der Waals surface area contributed by atoms with E-state index in [4.69, 9.17) is 14.6 Å². The van der Waals surface area contributed by atoms with Gasteiger partial charge in [0.1, 0.15) is 18.1 Å². The largest absolute Gasteiger partial charge is 0.490 e. The molecule has 258 valence electrons. The highest BCUT2D eigenvalue weighted by Crippen LogP contribution is 2.19. The van der Waals surface area contributed by atoms with Crippen molar-refractivity contribution in [3.63, 3.8) is 0 Å². The third-order valence-electron chi connectivity index (χ3n) is 6.68. The number of ether oxygens (including phenoxy) is 1. The van der Waals surface area contributed by atoms with Crippen LogP contribution < -0.4 is 10.6 Å². The van der Waals surface area contributed by atoms with Crippen LogP contribution in [0.5, 0.6) is 0 Å². The Morgan fingerprint density at radius 1 is 0.837 bits per heavy atom. The fourth-order valence-electron chi connectivity index (χ4n) is 4.29. The number of amides is 2. The van der Waals surface area contributed by atoms with Gasteiger partial charge in [0, 0.05) is 12.6 Å². The Balaban J connectivity index is 0.000000698. The van der Waals surface area contributed by atoms with Crippen LogP contribution in [-0.2, 0) is 36.3 Å². The number of nitrogens with one attached hydrogen (secondary N) is 2. The minimum atomic E-state index is -5.08. The number of nitrogens with zero attached hydrogens (tertiary/aromatic N) is 5. The summed E-state index contributed by atoms with van der Waals surface area (Å²) >= 11 is 0. The van der Waals surface area contributed by atoms with Gasteiger partial charge in [-0.15, -0.1) is 5.10 Å². The van der Waals surface area contributed by atoms with E-state index in [2.05, 4.69) is 20.6 Å². The fourth-order valence-corrected chi connectivity index (χ4v) is 4.29. The summed E-state index contributed by atoms with van der Waals surface area (Å²) in [6.45, 7) is -1.05. The maximum absolute atomic E-state index is 13.3. The summed E-state index contributed by atoms with van der Waals surface area (Å²) in [4.78, 5) is 38.9. The van der Waals surface area contributed by atoms with Crippen molar-refractivity contribution < 1.29 is 50.6 Å². The van der Waals surface area contributed by atoms with E-state index in [1.165, 1.54) is 28.9 Å². The van der Waals surface area contributed by atoms with Crippen LogP contribution >= 0.6 is 0 Å². The summed E-state index contributed by atoms with van der Waals surface area (Å²) in [7, 11) is 1.86. The molecule has 0 aliphatic rings. The van der Waals surface area contributed by atoms with Crippen LogP contribution in [0.4, 0.5) is 26.3 Å². The molecule has 0 spiro atoms. The molecule has 0 saturated carbocycles. The zero-order valence-corrected chi connectivity index (χ0v) is 25.4. The van der Waals surface area contributed by atoms with Gasteiger partial charge in [0.05, 0.1) is 36.5 Å². The highest BCUT2D eigenvalue weighted by atomic mass is 19.4. The average molecular weight is 692 g/mol. The van der Waals surface area contributed by atoms with Gasteiger partial charge >= 0.3 is 18.3 Å². The number of aliphatic carboxylic acids is 1. The van der Waals surface area contributed by atoms with Crippen LogP contribution in [0.25, 0.3) is 16.7 Å². The summed E-state index contributed by atoms with van der Waals surface area (Å²) in [6, 6.07) is 22.8. The van der Waals surface area contributed by atoms with Crippen LogP contribution in [0.15, 0.2) is 78.9 Å². The van der Waals surface area contributed by atoms with E-state index in [0.29, 0.717) is 17.2 Å². The molecule has 2 aromatic heterocycles. The Labute approximate surface area is 273 Å². The molecule has 0 aliphatic heterocycles. The second-order valence-electron chi connectivity index (χ2n) is 10.2. The molecule has 5 aromatic rings. The minimum Gasteiger partial charge on any atom is -0.475 e. The smallest absolute Gasteiger partial charge is 0.475 e. The molecule has 0 fully saturated rings. The van der Waals surface area contributed by atoms with Gasteiger partial charge in [0.25, 0.3) is 11.8 Å². The molecule has 0 unspecified atom stereocenters. The van der Waals surface area contributed by atoms with E-state index >= 15 is 0 Å². The third kappa shape index (κ3) is 9.86. The zero-order valence-electron chi connectivity index (χ0n) is 25.4. The van der Waals surface area contributed by atoms with Gasteiger partial charge in [-0.3, -0.25) is 9.59 Å². The Morgan fingerprint density at radius 2 is 1.47 bits per heavy atom. The van der Waals surface area contributed by atoms with Crippen LogP contribution in [-0.4, -0.2) is 66.3 Å². The number of rotatable bonds is 10. The number of halogens is 6. The number of fused-ring (bicyclic) bond motifs is 1. The van der Waals surface area contributed by atoms with Crippen LogP contribution in [0.1, 0.15) is 37.9 Å². The van der Waals surface area contributed by atoms with E-state index in [-0.39, 0.29) is 31.0 Å². The quantitative estimate of drug-likeness (QED) is 0.178. The maximum atomic E-state index is 13.3. The van der Waals surface area contributed by atoms with Gasteiger partial charge in [-0.05, 0) is 42.0 Å². The summed E-state index contributed by atoms with van der Waals surface area (Å²) in [5.41, 5.74) is 3.52. The number of benzene rings is 3. The first-order chi connectivity index (χ1) is 23.1. The minimum absolute atomic E-state index is 0.0231. The molecule has 0 aliphatic carbocycles. The van der Waals surface area contributed by atoms with Gasteiger partial charge in [-0.1, -0.05) is 47.7 Å². The summed E-state index contributed by atoms with van der Waals surface area (Å²) < 4.78 is 78.3. The number of hydrogen-bond acceptors (Lipinski definition) is 7. The van der Waals surface area contributed by atoms with Crippen molar-refractivity contribution in [2.75, 3.05) is 6.54 Å². The lowest BCUT2D eigenvalue weighted by atomic mass is 10.2. The van der Waals surface area contributed by atoms with Crippen LogP contribution in [0, 0.1) is 0 Å². The number of hydrogen-bond donors (Lipinski definition) is 3. The van der Waals surface area contributed by atoms with Gasteiger partial charge in [-0.2, -0.15) is 26.3 Å². The molecular weight excluding hydrogens is 664 g/mol. The number of carboxylic acid groups (broad SMARTS) is 1. The molecule has 5 rings (SSSR count). The highest BCUT2D eigenvalue weighted by molar-refractivity contribution is 5.94. The number of carbonyl (C=O) groups is 3. The van der Waals surface area contributed by atoms with Crippen molar-refractivity contribution in [1.29, 1.82) is 0 Å². The molecule has 18 heteroatoms. The Bertz CT molecular complexity index is 1910. The summed E-state index contributed by atoms with van der Waals surface area (Å²) in [6.07, 6.45) is -9.61. The molecular formula is C31H27F6N7O5. The summed E-state index contributed by atoms with van der Waals surface area (Å²) in [5, 5.41) is 20.0. The predicted octanol–water partition coefficient (Wildman–Crippen LogP) is 4.73. The number of alkyl halides is 6. The Morgan fingerprint density at radius 3 is 2.08 bits per heavy atom. The van der Waals surface area contributed by atoms with Gasteiger partial charge in [0.15, 0.2) is 5.69 Å². The molecule has 12 nitrogen and oxygen atoms in total. The van der Waals surface area contributed by atoms with E-state index < -0.39 is 36.7 Å². The molecule has 0 saturated heterocycles. The standard InChI is InChI=1S/C29H26F3N7O3.C2HF3O2/c1-38-23-10-6-5-9-22(23)35-25(38)15-33-28(41)26-24(17-42-16-19-7-3-2-4-8-19)39(37-36-26)21-13-11-20(12-14-21)27(40)34-18-29(30,31)32;3-2(4,5)1(6)7/h2-14H,15-18H2,1H3,(H,33,41)(H,34,40);(H,6,7). The molecule has 3 aromatic carbocycles. The molecule has 0 bridgehead atoms. The van der Waals surface area contributed by atoms with E-state index in [1.807, 2.05) is 71.5 Å². The molecule has 3 N–H and O–H groups in total. The first-order valence-corrected chi connectivity index (χ1v) is 14.1. The first kappa shape index (κ1) is 36.1. The van der Waals surface area contributed by atoms with Crippen molar-refractivity contribution in [2.24, 2.45) is 7.05 Å². The SMILES string of the molecule is Cn1c(CNC(=O)c2nnn(-c3ccc(C(=O)NCC(F)(F)F)cc3)c2COCc2ccccc2)nc2ccccc21.O=C(O)C(F)(F)F. The maximum Gasteiger partial charge on any atom is 0.490 e. The monoisotopic (exact) mass is 691 g/mol. The fraction of sp³-hybridized carbons (Fsp3) is 0.226. The normalized spacial score (nSPS) is 11.5. The van der Waals surface area contributed by atoms with E-state index in [9.17, 15) is 35.9 Å². The lowest BCUT2D eigenvalue weighted by Gasteiger charge is -2.11. The van der Waals surface area contributed by atoms with Gasteiger partial charge < -0.3 is 25.0 Å². The van der Waals surface area contributed by atoms with Crippen LogP contribution in [0.3, 0.4) is 0 Å². The molecule has 0 radical (unpaired) electrons. The summed E-state index contributed by atoms with van der Waals surface area (Å²) in [5.74, 6) is -3.47. The highest BCUT2D eigenvalue weighted by Gasteiger charge is 2.38. The Kier molecular flexibility index (Phi) is 11.3. The number of aromatic nitrogens is 5. The van der Waals surface area contributed by atoms with Gasteiger partial charge in [0.2, 0.25) is 0 Å².